The molecule has 0 fully saturated rings. The fourth-order valence-electron chi connectivity index (χ4n) is 6.28. The van der Waals surface area contributed by atoms with Gasteiger partial charge in [0.25, 0.3) is 0 Å². The van der Waals surface area contributed by atoms with Crippen LogP contribution in [0, 0.1) is 0 Å². The minimum atomic E-state index is -0.816. The molecular formula is C55H90O6. The Morgan fingerprint density at radius 1 is 0.344 bits per heavy atom. The van der Waals surface area contributed by atoms with Crippen LogP contribution in [0.5, 0.6) is 0 Å². The van der Waals surface area contributed by atoms with Gasteiger partial charge < -0.3 is 14.2 Å². The van der Waals surface area contributed by atoms with Gasteiger partial charge in [0, 0.05) is 19.3 Å². The Kier molecular flexibility index (Phi) is 46.0. The van der Waals surface area contributed by atoms with E-state index in [0.29, 0.717) is 19.3 Å². The molecule has 0 aromatic heterocycles. The van der Waals surface area contributed by atoms with E-state index >= 15 is 0 Å². The highest BCUT2D eigenvalue weighted by Gasteiger charge is 2.19. The maximum Gasteiger partial charge on any atom is 0.306 e. The van der Waals surface area contributed by atoms with Crippen LogP contribution in [0.4, 0.5) is 0 Å². The van der Waals surface area contributed by atoms with E-state index in [-0.39, 0.29) is 37.5 Å². The van der Waals surface area contributed by atoms with Crippen molar-refractivity contribution in [2.45, 2.75) is 219 Å². The van der Waals surface area contributed by atoms with E-state index in [2.05, 4.69) is 118 Å². The molecule has 0 N–H and O–H groups in total. The number of unbranched alkanes of at least 4 members (excludes halogenated alkanes) is 18. The van der Waals surface area contributed by atoms with Gasteiger partial charge in [-0.05, 0) is 103 Å². The van der Waals surface area contributed by atoms with Gasteiger partial charge in [0.15, 0.2) is 6.10 Å². The minimum Gasteiger partial charge on any atom is -0.462 e. The van der Waals surface area contributed by atoms with Crippen LogP contribution in [0.15, 0.2) is 97.2 Å². The van der Waals surface area contributed by atoms with E-state index < -0.39 is 6.10 Å². The van der Waals surface area contributed by atoms with E-state index in [4.69, 9.17) is 14.2 Å². The van der Waals surface area contributed by atoms with Gasteiger partial charge in [0.05, 0.1) is 0 Å². The van der Waals surface area contributed by atoms with Gasteiger partial charge in [0.1, 0.15) is 13.2 Å². The second-order valence-corrected chi connectivity index (χ2v) is 16.1. The largest absolute Gasteiger partial charge is 0.462 e. The third-order valence-corrected chi connectivity index (χ3v) is 10.1. The molecule has 0 aliphatic heterocycles. The fraction of sp³-hybridized carbons (Fsp3) is 0.655. The van der Waals surface area contributed by atoms with E-state index in [1.807, 2.05) is 0 Å². The van der Waals surface area contributed by atoms with Crippen molar-refractivity contribution < 1.29 is 28.6 Å². The Morgan fingerprint density at radius 3 is 1.15 bits per heavy atom. The van der Waals surface area contributed by atoms with Gasteiger partial charge in [-0.1, -0.05) is 189 Å². The van der Waals surface area contributed by atoms with Crippen molar-refractivity contribution in [1.29, 1.82) is 0 Å². The van der Waals surface area contributed by atoms with Crippen LogP contribution in [0.3, 0.4) is 0 Å². The molecule has 1 atom stereocenters. The van der Waals surface area contributed by atoms with Gasteiger partial charge in [-0.3, -0.25) is 14.4 Å². The van der Waals surface area contributed by atoms with Crippen LogP contribution in [0.25, 0.3) is 0 Å². The van der Waals surface area contributed by atoms with Crippen LogP contribution >= 0.6 is 0 Å². The average molecular weight is 847 g/mol. The highest BCUT2D eigenvalue weighted by atomic mass is 16.6. The maximum atomic E-state index is 12.8. The van der Waals surface area contributed by atoms with Crippen LogP contribution in [-0.2, 0) is 28.6 Å². The molecule has 346 valence electrons. The summed E-state index contributed by atoms with van der Waals surface area (Å²) in [5, 5.41) is 0. The molecule has 0 radical (unpaired) electrons. The molecule has 6 nitrogen and oxygen atoms in total. The monoisotopic (exact) mass is 847 g/mol. The third kappa shape index (κ3) is 47.2. The molecule has 0 rings (SSSR count). The van der Waals surface area contributed by atoms with Crippen molar-refractivity contribution in [3.8, 4) is 0 Å². The van der Waals surface area contributed by atoms with E-state index in [9.17, 15) is 14.4 Å². The first-order valence-electron chi connectivity index (χ1n) is 24.8. The van der Waals surface area contributed by atoms with Gasteiger partial charge in [0.2, 0.25) is 0 Å². The van der Waals surface area contributed by atoms with Gasteiger partial charge in [-0.15, -0.1) is 0 Å². The summed E-state index contributed by atoms with van der Waals surface area (Å²) in [5.74, 6) is -1.02. The zero-order chi connectivity index (χ0) is 44.4. The van der Waals surface area contributed by atoms with E-state index in [0.717, 1.165) is 96.3 Å². The Morgan fingerprint density at radius 2 is 0.672 bits per heavy atom. The molecule has 0 saturated heterocycles. The Bertz CT molecular complexity index is 1250. The molecule has 1 unspecified atom stereocenters. The minimum absolute atomic E-state index is 0.115. The van der Waals surface area contributed by atoms with Gasteiger partial charge >= 0.3 is 17.9 Å². The van der Waals surface area contributed by atoms with Crippen molar-refractivity contribution in [1.82, 2.24) is 0 Å². The predicted octanol–water partition coefficient (Wildman–Crippen LogP) is 16.2. The summed E-state index contributed by atoms with van der Waals surface area (Å²) in [5.41, 5.74) is 0. The topological polar surface area (TPSA) is 78.9 Å². The van der Waals surface area contributed by atoms with E-state index in [1.54, 1.807) is 0 Å². The second-order valence-electron chi connectivity index (χ2n) is 16.1. The summed E-state index contributed by atoms with van der Waals surface area (Å²) in [4.78, 5) is 37.8. The molecule has 0 heterocycles. The number of allylic oxidation sites excluding steroid dienone is 16. The first kappa shape index (κ1) is 57.3. The lowest BCUT2D eigenvalue weighted by atomic mass is 10.1. The Balaban J connectivity index is 4.53. The Hall–Kier alpha value is -3.67. The second kappa shape index (κ2) is 49.0. The predicted molar refractivity (Wildman–Crippen MR) is 260 cm³/mol. The van der Waals surface area contributed by atoms with Crippen molar-refractivity contribution >= 4 is 17.9 Å². The zero-order valence-corrected chi connectivity index (χ0v) is 39.4. The SMILES string of the molecule is CCCC/C=C\C=C/CCCCCC(=O)OCC(COC(=O)CCC/C=C\C/C=C\C/C=C\C/C=C\CCCCC)OC(=O)CCCCCCCC/C=C\C=C/CCCCC. The summed E-state index contributed by atoms with van der Waals surface area (Å²) in [6.45, 7) is 6.42. The molecule has 0 aliphatic carbocycles. The quantitative estimate of drug-likeness (QED) is 0.0200. The van der Waals surface area contributed by atoms with Crippen molar-refractivity contribution in [2.24, 2.45) is 0 Å². The van der Waals surface area contributed by atoms with Crippen LogP contribution < -0.4 is 0 Å². The molecule has 6 heteroatoms. The third-order valence-electron chi connectivity index (χ3n) is 10.1. The van der Waals surface area contributed by atoms with Gasteiger partial charge in [-0.25, -0.2) is 0 Å². The average Bonchev–Trinajstić information content (AvgIpc) is 3.26. The highest BCUT2D eigenvalue weighted by molar-refractivity contribution is 5.71. The Labute approximate surface area is 375 Å². The molecular weight excluding hydrogens is 757 g/mol. The standard InChI is InChI=1S/C55H90O6/c1-4-7-10-13-16-19-22-24-26-27-29-30-33-36-39-42-45-48-54(57)60-51-52(50-59-53(56)47-44-41-38-35-32-21-18-15-12-9-6-3)61-55(58)49-46-43-40-37-34-31-28-25-23-20-17-14-11-8-5-2/h15-21,23-26,29-30,32,36,39,52H,4-14,22,27-28,31,33-35,37-38,40-51H2,1-3H3/b18-15-,19-16-,20-17-,25-23-,26-24-,30-29-,32-21-,39-36-. The lowest BCUT2D eigenvalue weighted by Crippen LogP contribution is -2.30. The highest BCUT2D eigenvalue weighted by Crippen LogP contribution is 2.12. The fourth-order valence-corrected chi connectivity index (χ4v) is 6.28. The molecule has 0 saturated carbocycles. The molecule has 0 aliphatic rings. The van der Waals surface area contributed by atoms with Crippen molar-refractivity contribution in [3.63, 3.8) is 0 Å². The zero-order valence-electron chi connectivity index (χ0n) is 39.4. The number of carbonyl (C=O) groups excluding carboxylic acids is 3. The van der Waals surface area contributed by atoms with Crippen molar-refractivity contribution in [3.05, 3.63) is 97.2 Å². The number of ether oxygens (including phenoxy) is 3. The molecule has 61 heavy (non-hydrogen) atoms. The summed E-state index contributed by atoms with van der Waals surface area (Å²) in [7, 11) is 0. The normalized spacial score (nSPS) is 12.9. The summed E-state index contributed by atoms with van der Waals surface area (Å²) in [6, 6.07) is 0. The van der Waals surface area contributed by atoms with Crippen LogP contribution in [0.2, 0.25) is 0 Å². The van der Waals surface area contributed by atoms with E-state index in [1.165, 1.54) is 70.6 Å². The van der Waals surface area contributed by atoms with Crippen LogP contribution in [0.1, 0.15) is 213 Å². The first-order valence-corrected chi connectivity index (χ1v) is 24.8. The van der Waals surface area contributed by atoms with Gasteiger partial charge in [-0.2, -0.15) is 0 Å². The number of carbonyl (C=O) groups is 3. The number of hydrogen-bond donors (Lipinski definition) is 0. The number of hydrogen-bond acceptors (Lipinski definition) is 6. The summed E-state index contributed by atoms with van der Waals surface area (Å²) < 4.78 is 16.7. The number of esters is 3. The maximum absolute atomic E-state index is 12.8. The lowest BCUT2D eigenvalue weighted by Gasteiger charge is -2.18. The lowest BCUT2D eigenvalue weighted by molar-refractivity contribution is -0.167. The molecule has 0 aromatic rings. The number of rotatable bonds is 43. The molecule has 0 spiro atoms. The smallest absolute Gasteiger partial charge is 0.306 e. The van der Waals surface area contributed by atoms with Crippen LogP contribution in [-0.4, -0.2) is 37.2 Å². The van der Waals surface area contributed by atoms with Crippen molar-refractivity contribution in [2.75, 3.05) is 13.2 Å². The summed E-state index contributed by atoms with van der Waals surface area (Å²) in [6.07, 6.45) is 63.9. The molecule has 0 aromatic carbocycles. The molecule has 0 amide bonds. The molecule has 0 bridgehead atoms. The summed E-state index contributed by atoms with van der Waals surface area (Å²) >= 11 is 0. The first-order chi connectivity index (χ1) is 30.0.